The normalized spacial score (nSPS) is 9.93. The topological polar surface area (TPSA) is 26.3 Å². The summed E-state index contributed by atoms with van der Waals surface area (Å²) < 4.78 is 18.2. The standard InChI is InChI=1S/C10H10BrFO2/c1-14-9-4-2-3-7(12)10(9)8(13)5-6-11/h2-4H,5-6H2,1H3. The van der Waals surface area contributed by atoms with Crippen molar-refractivity contribution in [3.05, 3.63) is 29.6 Å². The van der Waals surface area contributed by atoms with E-state index < -0.39 is 5.82 Å². The van der Waals surface area contributed by atoms with Crippen molar-refractivity contribution in [3.8, 4) is 5.75 Å². The molecule has 0 saturated carbocycles. The third-order valence-corrected chi connectivity index (χ3v) is 2.19. The molecule has 76 valence electrons. The van der Waals surface area contributed by atoms with Crippen molar-refractivity contribution >= 4 is 21.7 Å². The number of hydrogen-bond donors (Lipinski definition) is 0. The van der Waals surface area contributed by atoms with E-state index in [1.807, 2.05) is 0 Å². The monoisotopic (exact) mass is 260 g/mol. The average Bonchev–Trinajstić information content (AvgIpc) is 2.17. The summed E-state index contributed by atoms with van der Waals surface area (Å²) in [5.41, 5.74) is 0.0365. The van der Waals surface area contributed by atoms with E-state index in [-0.39, 0.29) is 23.5 Å². The quantitative estimate of drug-likeness (QED) is 0.615. The van der Waals surface area contributed by atoms with Crippen molar-refractivity contribution in [3.63, 3.8) is 0 Å². The molecule has 0 fully saturated rings. The predicted octanol–water partition coefficient (Wildman–Crippen LogP) is 2.80. The zero-order chi connectivity index (χ0) is 10.6. The fraction of sp³-hybridized carbons (Fsp3) is 0.300. The van der Waals surface area contributed by atoms with Gasteiger partial charge in [-0.1, -0.05) is 22.0 Å². The number of Topliss-reactive ketones (excluding diaryl/α,β-unsaturated/α-hetero) is 1. The Kier molecular flexibility index (Phi) is 4.07. The van der Waals surface area contributed by atoms with Crippen molar-refractivity contribution in [2.45, 2.75) is 6.42 Å². The summed E-state index contributed by atoms with van der Waals surface area (Å²) in [5, 5.41) is 0.517. The van der Waals surface area contributed by atoms with Gasteiger partial charge in [0.15, 0.2) is 5.78 Å². The summed E-state index contributed by atoms with van der Waals surface area (Å²) in [6.07, 6.45) is 0.261. The fourth-order valence-electron chi connectivity index (χ4n) is 1.16. The Morgan fingerprint density at radius 2 is 2.29 bits per heavy atom. The number of halogens is 2. The molecule has 0 amide bonds. The van der Waals surface area contributed by atoms with Crippen LogP contribution in [0.2, 0.25) is 0 Å². The van der Waals surface area contributed by atoms with Crippen LogP contribution < -0.4 is 4.74 Å². The van der Waals surface area contributed by atoms with Gasteiger partial charge in [0.25, 0.3) is 0 Å². The second kappa shape index (κ2) is 5.10. The Bertz CT molecular complexity index is 339. The number of methoxy groups -OCH3 is 1. The van der Waals surface area contributed by atoms with Gasteiger partial charge < -0.3 is 4.74 Å². The van der Waals surface area contributed by atoms with E-state index in [9.17, 15) is 9.18 Å². The van der Waals surface area contributed by atoms with Crippen LogP contribution in [0.5, 0.6) is 5.75 Å². The molecule has 0 heterocycles. The largest absolute Gasteiger partial charge is 0.496 e. The Balaban J connectivity index is 3.10. The zero-order valence-electron chi connectivity index (χ0n) is 7.72. The number of ether oxygens (including phenoxy) is 1. The number of carbonyl (C=O) groups excluding carboxylic acids is 1. The van der Waals surface area contributed by atoms with Crippen LogP contribution in [0.1, 0.15) is 16.8 Å². The van der Waals surface area contributed by atoms with Crippen molar-refractivity contribution in [2.75, 3.05) is 12.4 Å². The first-order valence-corrected chi connectivity index (χ1v) is 5.24. The molecule has 0 aromatic heterocycles. The zero-order valence-corrected chi connectivity index (χ0v) is 9.30. The Morgan fingerprint density at radius 3 is 2.86 bits per heavy atom. The molecule has 0 aliphatic rings. The highest BCUT2D eigenvalue weighted by Crippen LogP contribution is 2.22. The highest BCUT2D eigenvalue weighted by atomic mass is 79.9. The van der Waals surface area contributed by atoms with Crippen LogP contribution in [0.4, 0.5) is 4.39 Å². The molecule has 0 atom stereocenters. The Morgan fingerprint density at radius 1 is 1.57 bits per heavy atom. The minimum atomic E-state index is -0.532. The van der Waals surface area contributed by atoms with E-state index in [2.05, 4.69) is 15.9 Å². The maximum absolute atomic E-state index is 13.3. The molecule has 1 aromatic carbocycles. The third-order valence-electron chi connectivity index (χ3n) is 1.80. The maximum atomic E-state index is 13.3. The van der Waals surface area contributed by atoms with E-state index in [0.29, 0.717) is 5.33 Å². The van der Waals surface area contributed by atoms with Crippen LogP contribution in [0.15, 0.2) is 18.2 Å². The predicted molar refractivity (Wildman–Crippen MR) is 55.7 cm³/mol. The second-order valence-electron chi connectivity index (χ2n) is 2.68. The molecule has 1 aromatic rings. The summed E-state index contributed by atoms with van der Waals surface area (Å²) in [6.45, 7) is 0. The van der Waals surface area contributed by atoms with Gasteiger partial charge in [-0.25, -0.2) is 4.39 Å². The van der Waals surface area contributed by atoms with E-state index in [0.717, 1.165) is 0 Å². The summed E-state index contributed by atoms with van der Waals surface area (Å²) >= 11 is 3.13. The van der Waals surface area contributed by atoms with Gasteiger partial charge in [-0.05, 0) is 12.1 Å². The van der Waals surface area contributed by atoms with Gasteiger partial charge in [0.05, 0.1) is 12.7 Å². The van der Waals surface area contributed by atoms with Crippen molar-refractivity contribution in [1.29, 1.82) is 0 Å². The summed E-state index contributed by atoms with van der Waals surface area (Å²) in [7, 11) is 1.42. The highest BCUT2D eigenvalue weighted by Gasteiger charge is 2.16. The van der Waals surface area contributed by atoms with Gasteiger partial charge in [-0.3, -0.25) is 4.79 Å². The van der Waals surface area contributed by atoms with Crippen LogP contribution in [0, 0.1) is 5.82 Å². The van der Waals surface area contributed by atoms with E-state index in [1.165, 1.54) is 19.2 Å². The van der Waals surface area contributed by atoms with Crippen LogP contribution >= 0.6 is 15.9 Å². The first-order valence-electron chi connectivity index (χ1n) is 4.12. The summed E-state index contributed by atoms with van der Waals surface area (Å²) in [6, 6.07) is 4.34. The third kappa shape index (κ3) is 2.32. The molecular formula is C10H10BrFO2. The van der Waals surface area contributed by atoms with Gasteiger partial charge in [-0.2, -0.15) is 0 Å². The number of carbonyl (C=O) groups is 1. The lowest BCUT2D eigenvalue weighted by atomic mass is 10.1. The van der Waals surface area contributed by atoms with Gasteiger partial charge in [0, 0.05) is 11.8 Å². The van der Waals surface area contributed by atoms with Gasteiger partial charge in [0.2, 0.25) is 0 Å². The number of hydrogen-bond acceptors (Lipinski definition) is 2. The van der Waals surface area contributed by atoms with Crippen LogP contribution in [0.25, 0.3) is 0 Å². The van der Waals surface area contributed by atoms with Gasteiger partial charge in [0.1, 0.15) is 11.6 Å². The maximum Gasteiger partial charge on any atom is 0.170 e. The molecule has 0 N–H and O–H groups in total. The Labute approximate surface area is 90.2 Å². The number of rotatable bonds is 4. The molecule has 0 bridgehead atoms. The molecule has 1 rings (SSSR count). The second-order valence-corrected chi connectivity index (χ2v) is 3.47. The number of alkyl halides is 1. The molecule has 0 aliphatic carbocycles. The van der Waals surface area contributed by atoms with Crippen molar-refractivity contribution in [2.24, 2.45) is 0 Å². The average molecular weight is 261 g/mol. The number of benzene rings is 1. The molecule has 0 aliphatic heterocycles. The van der Waals surface area contributed by atoms with Gasteiger partial charge in [-0.15, -0.1) is 0 Å². The highest BCUT2D eigenvalue weighted by molar-refractivity contribution is 9.09. The van der Waals surface area contributed by atoms with E-state index in [4.69, 9.17) is 4.74 Å². The fourth-order valence-corrected chi connectivity index (χ4v) is 1.52. The lowest BCUT2D eigenvalue weighted by molar-refractivity contribution is 0.0983. The Hall–Kier alpha value is -0.900. The number of ketones is 1. The molecule has 4 heteroatoms. The summed E-state index contributed by atoms with van der Waals surface area (Å²) in [5.74, 6) is -0.497. The first-order chi connectivity index (χ1) is 6.70. The first kappa shape index (κ1) is 11.2. The molecule has 14 heavy (non-hydrogen) atoms. The lowest BCUT2D eigenvalue weighted by Crippen LogP contribution is -2.05. The minimum absolute atomic E-state index is 0.0365. The van der Waals surface area contributed by atoms with Crippen LogP contribution in [0.3, 0.4) is 0 Å². The van der Waals surface area contributed by atoms with Crippen molar-refractivity contribution < 1.29 is 13.9 Å². The molecule has 0 spiro atoms. The van der Waals surface area contributed by atoms with Crippen LogP contribution in [-0.4, -0.2) is 18.2 Å². The SMILES string of the molecule is COc1cccc(F)c1C(=O)CCBr. The minimum Gasteiger partial charge on any atom is -0.496 e. The van der Waals surface area contributed by atoms with Gasteiger partial charge >= 0.3 is 0 Å². The molecular weight excluding hydrogens is 251 g/mol. The molecule has 0 saturated heterocycles. The van der Waals surface area contributed by atoms with Crippen LogP contribution in [-0.2, 0) is 0 Å². The summed E-state index contributed by atoms with van der Waals surface area (Å²) in [4.78, 5) is 11.5. The molecule has 0 unspecified atom stereocenters. The molecule has 2 nitrogen and oxygen atoms in total. The van der Waals surface area contributed by atoms with E-state index >= 15 is 0 Å². The van der Waals surface area contributed by atoms with E-state index in [1.54, 1.807) is 6.07 Å². The lowest BCUT2D eigenvalue weighted by Gasteiger charge is -2.07. The molecule has 0 radical (unpaired) electrons. The smallest absolute Gasteiger partial charge is 0.170 e. The van der Waals surface area contributed by atoms with Crippen molar-refractivity contribution in [1.82, 2.24) is 0 Å².